The second-order valence-corrected chi connectivity index (χ2v) is 6.56. The summed E-state index contributed by atoms with van der Waals surface area (Å²) in [5.41, 5.74) is 0.210. The fourth-order valence-electron chi connectivity index (χ4n) is 2.97. The van der Waals surface area contributed by atoms with Crippen molar-refractivity contribution in [3.05, 3.63) is 82.7 Å². The maximum Gasteiger partial charge on any atom is 0.434 e. The molecule has 9 heteroatoms. The molecule has 0 saturated carbocycles. The van der Waals surface area contributed by atoms with Crippen LogP contribution >= 0.6 is 0 Å². The number of carbonyl (C=O) groups excluding carboxylic acids is 2. The molecule has 0 spiro atoms. The zero-order chi connectivity index (χ0) is 21.9. The Morgan fingerprint density at radius 3 is 2.30 bits per heavy atom. The number of amides is 2. The molecule has 2 aromatic carbocycles. The van der Waals surface area contributed by atoms with Gasteiger partial charge in [-0.05, 0) is 36.2 Å². The van der Waals surface area contributed by atoms with Crippen LogP contribution in [0.5, 0.6) is 0 Å². The smallest absolute Gasteiger partial charge is 0.355 e. The van der Waals surface area contributed by atoms with Gasteiger partial charge >= 0.3 is 6.18 Å². The molecule has 156 valence electrons. The molecular formula is C21H19F3N4O2. The minimum Gasteiger partial charge on any atom is -0.355 e. The normalized spacial score (nSPS) is 11.2. The van der Waals surface area contributed by atoms with Gasteiger partial charge in [-0.1, -0.05) is 30.3 Å². The summed E-state index contributed by atoms with van der Waals surface area (Å²) >= 11 is 0. The number of rotatable bonds is 5. The van der Waals surface area contributed by atoms with E-state index in [1.165, 1.54) is 13.1 Å². The molecule has 3 rings (SSSR count). The topological polar surface area (TPSA) is 76.0 Å². The third kappa shape index (κ3) is 4.35. The summed E-state index contributed by atoms with van der Waals surface area (Å²) in [6.07, 6.45) is -3.86. The summed E-state index contributed by atoms with van der Waals surface area (Å²) < 4.78 is 42.0. The lowest BCUT2D eigenvalue weighted by Crippen LogP contribution is -2.26. The third-order valence-electron chi connectivity index (χ3n) is 4.52. The van der Waals surface area contributed by atoms with Crippen LogP contribution in [0.15, 0.2) is 54.7 Å². The van der Waals surface area contributed by atoms with Crippen LogP contribution in [-0.4, -0.2) is 28.6 Å². The van der Waals surface area contributed by atoms with E-state index in [-0.39, 0.29) is 18.1 Å². The van der Waals surface area contributed by atoms with Gasteiger partial charge in [0.25, 0.3) is 11.8 Å². The Bertz CT molecular complexity index is 1070. The maximum absolute atomic E-state index is 13.8. The molecule has 0 fully saturated rings. The summed E-state index contributed by atoms with van der Waals surface area (Å²) in [4.78, 5) is 24.1. The Labute approximate surface area is 170 Å². The fourth-order valence-corrected chi connectivity index (χ4v) is 2.97. The first kappa shape index (κ1) is 21.1. The van der Waals surface area contributed by atoms with Gasteiger partial charge in [-0.3, -0.25) is 9.59 Å². The second kappa shape index (κ2) is 8.40. The second-order valence-electron chi connectivity index (χ2n) is 6.56. The minimum atomic E-state index is -4.78. The molecule has 0 aliphatic carbocycles. The van der Waals surface area contributed by atoms with E-state index >= 15 is 0 Å². The number of carbonyl (C=O) groups is 2. The van der Waals surface area contributed by atoms with Gasteiger partial charge in [-0.15, -0.1) is 0 Å². The molecule has 0 saturated heterocycles. The number of aryl methyl sites for hydroxylation is 1. The third-order valence-corrected chi connectivity index (χ3v) is 4.52. The summed E-state index contributed by atoms with van der Waals surface area (Å²) in [7, 11) is 1.51. The maximum atomic E-state index is 13.8. The number of para-hydroxylation sites is 1. The molecule has 0 atom stereocenters. The lowest BCUT2D eigenvalue weighted by atomic mass is 10.1. The van der Waals surface area contributed by atoms with Gasteiger partial charge in [0.15, 0.2) is 5.69 Å². The quantitative estimate of drug-likeness (QED) is 0.669. The highest BCUT2D eigenvalue weighted by Gasteiger charge is 2.40. The first-order chi connectivity index (χ1) is 14.2. The van der Waals surface area contributed by atoms with Crippen molar-refractivity contribution in [2.45, 2.75) is 19.6 Å². The van der Waals surface area contributed by atoms with Gasteiger partial charge < -0.3 is 10.6 Å². The molecule has 30 heavy (non-hydrogen) atoms. The zero-order valence-electron chi connectivity index (χ0n) is 16.2. The lowest BCUT2D eigenvalue weighted by Gasteiger charge is -2.14. The SMILES string of the molecule is CNC(=O)c1ccc(CNC(=O)c2cnn(-c3ccccc3C)c2C(F)(F)F)cc1. The van der Waals surface area contributed by atoms with Gasteiger partial charge in [-0.25, -0.2) is 4.68 Å². The molecular weight excluding hydrogens is 397 g/mol. The predicted octanol–water partition coefficient (Wildman–Crippen LogP) is 3.49. The predicted molar refractivity (Wildman–Crippen MR) is 104 cm³/mol. The van der Waals surface area contributed by atoms with Crippen LogP contribution < -0.4 is 10.6 Å². The molecule has 0 unspecified atom stereocenters. The number of benzene rings is 2. The van der Waals surface area contributed by atoms with Crippen molar-refractivity contribution in [2.75, 3.05) is 7.05 Å². The summed E-state index contributed by atoms with van der Waals surface area (Å²) in [6, 6.07) is 12.9. The van der Waals surface area contributed by atoms with Gasteiger partial charge in [0.05, 0.1) is 17.4 Å². The molecule has 1 heterocycles. The number of hydrogen-bond acceptors (Lipinski definition) is 3. The van der Waals surface area contributed by atoms with E-state index in [9.17, 15) is 22.8 Å². The first-order valence-corrected chi connectivity index (χ1v) is 9.03. The van der Waals surface area contributed by atoms with Crippen LogP contribution in [0.4, 0.5) is 13.2 Å². The highest BCUT2D eigenvalue weighted by Crippen LogP contribution is 2.34. The molecule has 0 radical (unpaired) electrons. The van der Waals surface area contributed by atoms with Crippen molar-refractivity contribution in [1.29, 1.82) is 0 Å². The van der Waals surface area contributed by atoms with Crippen LogP contribution in [-0.2, 0) is 12.7 Å². The number of aromatic nitrogens is 2. The monoisotopic (exact) mass is 416 g/mol. The van der Waals surface area contributed by atoms with Crippen molar-refractivity contribution < 1.29 is 22.8 Å². The molecule has 0 aliphatic rings. The Kier molecular flexibility index (Phi) is 5.91. The van der Waals surface area contributed by atoms with E-state index in [0.29, 0.717) is 16.7 Å². The van der Waals surface area contributed by atoms with Gasteiger partial charge in [0, 0.05) is 19.2 Å². The molecule has 2 N–H and O–H groups in total. The fraction of sp³-hybridized carbons (Fsp3) is 0.190. The number of nitrogens with zero attached hydrogens (tertiary/aromatic N) is 2. The van der Waals surface area contributed by atoms with E-state index in [4.69, 9.17) is 0 Å². The van der Waals surface area contributed by atoms with Gasteiger partial charge in [0.1, 0.15) is 0 Å². The Hall–Kier alpha value is -3.62. The molecule has 0 aliphatic heterocycles. The zero-order valence-corrected chi connectivity index (χ0v) is 16.2. The average molecular weight is 416 g/mol. The van der Waals surface area contributed by atoms with Crippen LogP contribution in [0.1, 0.15) is 37.5 Å². The van der Waals surface area contributed by atoms with Crippen molar-refractivity contribution in [3.8, 4) is 5.69 Å². The van der Waals surface area contributed by atoms with E-state index in [0.717, 1.165) is 10.9 Å². The van der Waals surface area contributed by atoms with Crippen molar-refractivity contribution in [3.63, 3.8) is 0 Å². The first-order valence-electron chi connectivity index (χ1n) is 9.03. The molecule has 6 nitrogen and oxygen atoms in total. The summed E-state index contributed by atoms with van der Waals surface area (Å²) in [5.74, 6) is -1.15. The Morgan fingerprint density at radius 1 is 1.03 bits per heavy atom. The Balaban J connectivity index is 1.84. The lowest BCUT2D eigenvalue weighted by molar-refractivity contribution is -0.143. The summed E-state index contributed by atoms with van der Waals surface area (Å²) in [6.45, 7) is 1.67. The van der Waals surface area contributed by atoms with Gasteiger partial charge in [-0.2, -0.15) is 18.3 Å². The number of halogens is 3. The van der Waals surface area contributed by atoms with E-state index in [2.05, 4.69) is 15.7 Å². The minimum absolute atomic E-state index is 0.000298. The number of hydrogen-bond donors (Lipinski definition) is 2. The summed E-state index contributed by atoms with van der Waals surface area (Å²) in [5, 5.41) is 8.79. The largest absolute Gasteiger partial charge is 0.434 e. The molecule has 1 aromatic heterocycles. The highest BCUT2D eigenvalue weighted by molar-refractivity contribution is 5.95. The van der Waals surface area contributed by atoms with Crippen LogP contribution in [0.3, 0.4) is 0 Å². The van der Waals surface area contributed by atoms with E-state index < -0.39 is 23.3 Å². The average Bonchev–Trinajstić information content (AvgIpc) is 3.18. The van der Waals surface area contributed by atoms with E-state index in [1.807, 2.05) is 0 Å². The number of alkyl halides is 3. The molecule has 2 amide bonds. The molecule has 0 bridgehead atoms. The van der Waals surface area contributed by atoms with Crippen molar-refractivity contribution >= 4 is 11.8 Å². The van der Waals surface area contributed by atoms with Crippen LogP contribution in [0, 0.1) is 6.92 Å². The van der Waals surface area contributed by atoms with Crippen molar-refractivity contribution in [1.82, 2.24) is 20.4 Å². The van der Waals surface area contributed by atoms with Crippen LogP contribution in [0.25, 0.3) is 5.69 Å². The van der Waals surface area contributed by atoms with E-state index in [1.54, 1.807) is 49.4 Å². The highest BCUT2D eigenvalue weighted by atomic mass is 19.4. The van der Waals surface area contributed by atoms with Gasteiger partial charge in [0.2, 0.25) is 0 Å². The Morgan fingerprint density at radius 2 is 1.70 bits per heavy atom. The van der Waals surface area contributed by atoms with Crippen molar-refractivity contribution in [2.24, 2.45) is 0 Å². The molecule has 3 aromatic rings. The standard InChI is InChI=1S/C21H19F3N4O2/c1-13-5-3-4-6-17(13)28-18(21(22,23)24)16(12-27-28)20(30)26-11-14-7-9-15(10-8-14)19(29)25-2/h3-10,12H,11H2,1-2H3,(H,25,29)(H,26,30). The van der Waals surface area contributed by atoms with Crippen LogP contribution in [0.2, 0.25) is 0 Å². The number of nitrogens with one attached hydrogen (secondary N) is 2.